The summed E-state index contributed by atoms with van der Waals surface area (Å²) in [6, 6.07) is 1.27. The smallest absolute Gasteiger partial charge is 0.0567 e. The van der Waals surface area contributed by atoms with Crippen LogP contribution < -0.4 is 5.32 Å². The number of hydrogen-bond donors (Lipinski definition) is 2. The second-order valence-electron chi connectivity index (χ2n) is 6.78. The maximum Gasteiger partial charge on any atom is 0.0567 e. The first-order valence-electron chi connectivity index (χ1n) is 7.13. The molecule has 2 fully saturated rings. The Balaban J connectivity index is 2.06. The van der Waals surface area contributed by atoms with Gasteiger partial charge >= 0.3 is 0 Å². The molecule has 0 saturated carbocycles. The van der Waals surface area contributed by atoms with Crippen molar-refractivity contribution in [2.75, 3.05) is 19.6 Å². The first-order chi connectivity index (χ1) is 7.98. The zero-order valence-electron chi connectivity index (χ0n) is 11.6. The van der Waals surface area contributed by atoms with Crippen LogP contribution in [0.5, 0.6) is 0 Å². The lowest BCUT2D eigenvalue weighted by Gasteiger charge is -2.49. The van der Waals surface area contributed by atoms with Crippen LogP contribution >= 0.6 is 0 Å². The van der Waals surface area contributed by atoms with Gasteiger partial charge < -0.3 is 10.4 Å². The van der Waals surface area contributed by atoms with Gasteiger partial charge in [0.05, 0.1) is 6.10 Å². The predicted molar refractivity (Wildman–Crippen MR) is 71.1 cm³/mol. The normalized spacial score (nSPS) is 33.9. The first-order valence-corrected chi connectivity index (χ1v) is 7.13. The van der Waals surface area contributed by atoms with Crippen LogP contribution in [0.3, 0.4) is 0 Å². The topological polar surface area (TPSA) is 35.5 Å². The summed E-state index contributed by atoms with van der Waals surface area (Å²) in [4.78, 5) is 2.69. The second kappa shape index (κ2) is 5.25. The van der Waals surface area contributed by atoms with E-state index < -0.39 is 0 Å². The molecule has 2 N–H and O–H groups in total. The minimum Gasteiger partial charge on any atom is -0.393 e. The van der Waals surface area contributed by atoms with Crippen molar-refractivity contribution in [1.82, 2.24) is 10.2 Å². The van der Waals surface area contributed by atoms with Crippen LogP contribution in [0.25, 0.3) is 0 Å². The molecule has 0 aromatic carbocycles. The van der Waals surface area contributed by atoms with Crippen LogP contribution in [0, 0.1) is 5.41 Å². The number of hydrogen-bond acceptors (Lipinski definition) is 3. The van der Waals surface area contributed by atoms with Crippen molar-refractivity contribution in [3.63, 3.8) is 0 Å². The van der Waals surface area contributed by atoms with Crippen LogP contribution in [0.1, 0.15) is 46.5 Å². The van der Waals surface area contributed by atoms with Crippen molar-refractivity contribution in [3.8, 4) is 0 Å². The number of aliphatic hydroxyl groups excluding tert-OH is 1. The zero-order chi connectivity index (χ0) is 12.5. The van der Waals surface area contributed by atoms with Gasteiger partial charge in [-0.15, -0.1) is 0 Å². The summed E-state index contributed by atoms with van der Waals surface area (Å²) < 4.78 is 0. The van der Waals surface area contributed by atoms with E-state index >= 15 is 0 Å². The molecule has 100 valence electrons. The quantitative estimate of drug-likeness (QED) is 0.731. The van der Waals surface area contributed by atoms with Gasteiger partial charge in [-0.3, -0.25) is 4.90 Å². The molecule has 0 aromatic heterocycles. The lowest BCUT2D eigenvalue weighted by atomic mass is 9.78. The van der Waals surface area contributed by atoms with Crippen molar-refractivity contribution in [3.05, 3.63) is 0 Å². The van der Waals surface area contributed by atoms with E-state index in [1.807, 2.05) is 0 Å². The van der Waals surface area contributed by atoms with E-state index in [1.54, 1.807) is 0 Å². The Kier molecular flexibility index (Phi) is 4.11. The maximum absolute atomic E-state index is 9.92. The molecule has 0 spiro atoms. The molecule has 3 nitrogen and oxygen atoms in total. The van der Waals surface area contributed by atoms with Gasteiger partial charge in [0.2, 0.25) is 0 Å². The van der Waals surface area contributed by atoms with Gasteiger partial charge in [0.15, 0.2) is 0 Å². The molecular formula is C14H28N2O. The van der Waals surface area contributed by atoms with E-state index in [2.05, 4.69) is 31.0 Å². The van der Waals surface area contributed by atoms with E-state index in [9.17, 15) is 5.11 Å². The highest BCUT2D eigenvalue weighted by atomic mass is 16.3. The second-order valence-corrected chi connectivity index (χ2v) is 6.78. The molecule has 2 aliphatic heterocycles. The Labute approximate surface area is 106 Å². The lowest BCUT2D eigenvalue weighted by molar-refractivity contribution is -0.0329. The monoisotopic (exact) mass is 240 g/mol. The summed E-state index contributed by atoms with van der Waals surface area (Å²) in [6.45, 7) is 10.3. The van der Waals surface area contributed by atoms with Crippen LogP contribution in [-0.2, 0) is 0 Å². The summed E-state index contributed by atoms with van der Waals surface area (Å²) in [5.41, 5.74) is 0.270. The van der Waals surface area contributed by atoms with Crippen molar-refractivity contribution < 1.29 is 5.11 Å². The number of nitrogens with zero attached hydrogens (tertiary/aromatic N) is 1. The summed E-state index contributed by atoms with van der Waals surface area (Å²) >= 11 is 0. The molecule has 0 radical (unpaired) electrons. The Morgan fingerprint density at radius 3 is 2.35 bits per heavy atom. The van der Waals surface area contributed by atoms with Crippen LogP contribution in [-0.4, -0.2) is 47.8 Å². The number of likely N-dealkylation sites (tertiary alicyclic amines) is 1. The van der Waals surface area contributed by atoms with Gasteiger partial charge in [0.25, 0.3) is 0 Å². The molecule has 0 bridgehead atoms. The van der Waals surface area contributed by atoms with Crippen molar-refractivity contribution >= 4 is 0 Å². The molecule has 2 saturated heterocycles. The molecule has 17 heavy (non-hydrogen) atoms. The zero-order valence-corrected chi connectivity index (χ0v) is 11.6. The van der Waals surface area contributed by atoms with E-state index in [0.717, 1.165) is 38.5 Å². The molecule has 3 heteroatoms. The average Bonchev–Trinajstić information content (AvgIpc) is 2.29. The van der Waals surface area contributed by atoms with E-state index in [0.29, 0.717) is 6.04 Å². The van der Waals surface area contributed by atoms with Gasteiger partial charge in [-0.05, 0) is 44.2 Å². The summed E-state index contributed by atoms with van der Waals surface area (Å²) in [5, 5.41) is 13.4. The lowest BCUT2D eigenvalue weighted by Crippen LogP contribution is -2.56. The number of rotatable bonds is 1. The number of nitrogens with one attached hydrogen (secondary N) is 1. The molecule has 0 aliphatic carbocycles. The van der Waals surface area contributed by atoms with Gasteiger partial charge in [-0.1, -0.05) is 20.8 Å². The van der Waals surface area contributed by atoms with Crippen LogP contribution in [0.15, 0.2) is 0 Å². The van der Waals surface area contributed by atoms with Crippen molar-refractivity contribution in [2.24, 2.45) is 5.41 Å². The minimum absolute atomic E-state index is 0.0859. The van der Waals surface area contributed by atoms with Crippen LogP contribution in [0.4, 0.5) is 0 Å². The summed E-state index contributed by atoms with van der Waals surface area (Å²) in [6.07, 6.45) is 4.35. The van der Waals surface area contributed by atoms with Gasteiger partial charge in [-0.25, -0.2) is 0 Å². The maximum atomic E-state index is 9.92. The number of piperidine rings is 2. The number of aliphatic hydroxyl groups is 1. The third-order valence-corrected chi connectivity index (χ3v) is 4.39. The summed E-state index contributed by atoms with van der Waals surface area (Å²) in [5.74, 6) is 0. The fraction of sp³-hybridized carbons (Fsp3) is 1.00. The van der Waals surface area contributed by atoms with E-state index in [4.69, 9.17) is 0 Å². The standard InChI is InChI=1S/C14H28N2O/c1-14(2,3)13-10-12(17)6-9-16(13)11-4-7-15-8-5-11/h11-13,15,17H,4-10H2,1-3H3. The van der Waals surface area contributed by atoms with E-state index in [1.165, 1.54) is 12.8 Å². The van der Waals surface area contributed by atoms with Gasteiger partial charge in [-0.2, -0.15) is 0 Å². The first kappa shape index (κ1) is 13.3. The highest BCUT2D eigenvalue weighted by molar-refractivity contribution is 4.93. The largest absolute Gasteiger partial charge is 0.393 e. The van der Waals surface area contributed by atoms with Crippen LogP contribution in [0.2, 0.25) is 0 Å². The molecule has 2 atom stereocenters. The Hall–Kier alpha value is -0.120. The molecule has 0 amide bonds. The molecule has 0 aromatic rings. The minimum atomic E-state index is -0.0859. The SMILES string of the molecule is CC(C)(C)C1CC(O)CCN1C1CCNCC1. The fourth-order valence-electron chi connectivity index (χ4n) is 3.39. The van der Waals surface area contributed by atoms with Gasteiger partial charge in [0, 0.05) is 18.6 Å². The summed E-state index contributed by atoms with van der Waals surface area (Å²) in [7, 11) is 0. The predicted octanol–water partition coefficient (Wildman–Crippen LogP) is 1.61. The third kappa shape index (κ3) is 3.21. The van der Waals surface area contributed by atoms with E-state index in [-0.39, 0.29) is 11.5 Å². The molecule has 2 heterocycles. The highest BCUT2D eigenvalue weighted by Crippen LogP contribution is 2.34. The molecular weight excluding hydrogens is 212 g/mol. The fourth-order valence-corrected chi connectivity index (χ4v) is 3.39. The molecule has 2 unspecified atom stereocenters. The average molecular weight is 240 g/mol. The Morgan fingerprint density at radius 2 is 1.76 bits per heavy atom. The third-order valence-electron chi connectivity index (χ3n) is 4.39. The molecule has 2 rings (SSSR count). The van der Waals surface area contributed by atoms with Gasteiger partial charge in [0.1, 0.15) is 0 Å². The Morgan fingerprint density at radius 1 is 1.12 bits per heavy atom. The highest BCUT2D eigenvalue weighted by Gasteiger charge is 2.38. The molecule has 2 aliphatic rings. The Bertz CT molecular complexity index is 243. The van der Waals surface area contributed by atoms with Crippen molar-refractivity contribution in [2.45, 2.75) is 64.6 Å². The van der Waals surface area contributed by atoms with Crippen molar-refractivity contribution in [1.29, 1.82) is 0 Å².